The summed E-state index contributed by atoms with van der Waals surface area (Å²) in [5.74, 6) is -0.955. The maximum atomic E-state index is 13.6. The molecule has 0 saturated heterocycles. The Morgan fingerprint density at radius 2 is 1.56 bits per heavy atom. The van der Waals surface area contributed by atoms with Crippen molar-refractivity contribution in [1.82, 2.24) is 0 Å². The highest BCUT2D eigenvalue weighted by molar-refractivity contribution is 7.92. The van der Waals surface area contributed by atoms with E-state index in [1.54, 1.807) is 37.3 Å². The Hall–Kier alpha value is -3.12. The van der Waals surface area contributed by atoms with Crippen molar-refractivity contribution in [1.29, 1.82) is 0 Å². The van der Waals surface area contributed by atoms with Crippen molar-refractivity contribution < 1.29 is 18.3 Å². The Morgan fingerprint density at radius 3 is 2.17 bits per heavy atom. The number of nitrogens with one attached hydrogen (secondary N) is 1. The normalized spacial score (nSPS) is 16.3. The molecule has 1 aliphatic rings. The van der Waals surface area contributed by atoms with E-state index in [2.05, 4.69) is 38.5 Å². The quantitative estimate of drug-likeness (QED) is 0.388. The van der Waals surface area contributed by atoms with Crippen molar-refractivity contribution in [3.05, 3.63) is 93.5 Å². The Morgan fingerprint density at radius 1 is 0.944 bits per heavy atom. The number of anilines is 1. The lowest BCUT2D eigenvalue weighted by Gasteiger charge is -2.44. The number of rotatable bonds is 6. The fourth-order valence-corrected chi connectivity index (χ4v) is 6.69. The van der Waals surface area contributed by atoms with Gasteiger partial charge in [-0.05, 0) is 95.5 Å². The summed E-state index contributed by atoms with van der Waals surface area (Å²) in [5.41, 5.74) is 6.46. The molecule has 0 aliphatic heterocycles. The first-order valence-electron chi connectivity index (χ1n) is 12.3. The number of hydrogen-bond acceptors (Lipinski definition) is 3. The van der Waals surface area contributed by atoms with Crippen LogP contribution in [0.25, 0.3) is 0 Å². The number of fused-ring (bicyclic) bond motifs is 1. The van der Waals surface area contributed by atoms with Gasteiger partial charge in [-0.25, -0.2) is 13.2 Å². The minimum Gasteiger partial charge on any atom is -0.478 e. The zero-order valence-corrected chi connectivity index (χ0v) is 22.7. The maximum Gasteiger partial charge on any atom is 0.335 e. The minimum atomic E-state index is -3.81. The van der Waals surface area contributed by atoms with E-state index in [0.717, 1.165) is 35.1 Å². The standard InChI is InChI=1S/C30H35NO4S/c1-19-9-7-8-10-25(19)36(34,35)31-27-20(2)23(17-21-11-13-22(14-12-21)28(32)33)18-24-26(27)30(5,6)16-15-29(24,3)4/h7-14,18,31H,15-17H2,1-6H3,(H,32,33). The van der Waals surface area contributed by atoms with Gasteiger partial charge >= 0.3 is 5.97 Å². The summed E-state index contributed by atoms with van der Waals surface area (Å²) >= 11 is 0. The maximum absolute atomic E-state index is 13.6. The molecule has 1 aliphatic carbocycles. The first-order chi connectivity index (χ1) is 16.7. The highest BCUT2D eigenvalue weighted by Crippen LogP contribution is 2.50. The average molecular weight is 506 g/mol. The zero-order valence-electron chi connectivity index (χ0n) is 21.9. The number of carboxylic acid groups (broad SMARTS) is 1. The molecule has 2 N–H and O–H groups in total. The molecule has 0 aromatic heterocycles. The second-order valence-electron chi connectivity index (χ2n) is 11.3. The summed E-state index contributed by atoms with van der Waals surface area (Å²) in [5, 5.41) is 9.24. The average Bonchev–Trinajstić information content (AvgIpc) is 2.79. The summed E-state index contributed by atoms with van der Waals surface area (Å²) in [4.78, 5) is 11.5. The number of carbonyl (C=O) groups is 1. The van der Waals surface area contributed by atoms with Crippen molar-refractivity contribution >= 4 is 21.7 Å². The van der Waals surface area contributed by atoms with Crippen LogP contribution >= 0.6 is 0 Å². The van der Waals surface area contributed by atoms with Gasteiger partial charge in [0.2, 0.25) is 0 Å². The van der Waals surface area contributed by atoms with Gasteiger partial charge in [0, 0.05) is 0 Å². The van der Waals surface area contributed by atoms with Gasteiger partial charge in [0.1, 0.15) is 0 Å². The van der Waals surface area contributed by atoms with Crippen molar-refractivity contribution in [2.24, 2.45) is 0 Å². The highest BCUT2D eigenvalue weighted by atomic mass is 32.2. The molecule has 0 unspecified atom stereocenters. The molecule has 3 aromatic carbocycles. The molecule has 4 rings (SSSR count). The largest absolute Gasteiger partial charge is 0.478 e. The third kappa shape index (κ3) is 4.79. The topological polar surface area (TPSA) is 83.5 Å². The number of hydrogen-bond donors (Lipinski definition) is 2. The lowest BCUT2D eigenvalue weighted by Crippen LogP contribution is -2.36. The van der Waals surface area contributed by atoms with E-state index in [1.807, 2.05) is 25.1 Å². The molecule has 0 spiro atoms. The Kier molecular flexibility index (Phi) is 6.54. The lowest BCUT2D eigenvalue weighted by molar-refractivity contribution is 0.0697. The summed E-state index contributed by atoms with van der Waals surface area (Å²) in [6, 6.07) is 16.1. The van der Waals surface area contributed by atoms with E-state index >= 15 is 0 Å². The molecule has 6 heteroatoms. The molecular weight excluding hydrogens is 470 g/mol. The predicted octanol–water partition coefficient (Wildman–Crippen LogP) is 6.74. The van der Waals surface area contributed by atoms with Crippen LogP contribution in [0, 0.1) is 13.8 Å². The molecule has 0 saturated carbocycles. The van der Waals surface area contributed by atoms with E-state index in [9.17, 15) is 18.3 Å². The fourth-order valence-electron chi connectivity index (χ4n) is 5.30. The lowest BCUT2D eigenvalue weighted by atomic mass is 9.62. The number of carboxylic acids is 1. The van der Waals surface area contributed by atoms with Crippen LogP contribution in [0.15, 0.2) is 59.5 Å². The molecule has 36 heavy (non-hydrogen) atoms. The number of sulfonamides is 1. The van der Waals surface area contributed by atoms with Crippen LogP contribution in [0.4, 0.5) is 5.69 Å². The molecular formula is C30H35NO4S. The van der Waals surface area contributed by atoms with Crippen LogP contribution in [0.2, 0.25) is 0 Å². The van der Waals surface area contributed by atoms with E-state index < -0.39 is 16.0 Å². The van der Waals surface area contributed by atoms with Crippen LogP contribution in [0.5, 0.6) is 0 Å². The van der Waals surface area contributed by atoms with Crippen molar-refractivity contribution in [3.63, 3.8) is 0 Å². The van der Waals surface area contributed by atoms with Gasteiger partial charge in [-0.2, -0.15) is 0 Å². The van der Waals surface area contributed by atoms with Gasteiger partial charge in [-0.15, -0.1) is 0 Å². The Labute approximate surface area is 214 Å². The first kappa shape index (κ1) is 26.0. The van der Waals surface area contributed by atoms with Gasteiger partial charge in [0.25, 0.3) is 10.0 Å². The van der Waals surface area contributed by atoms with Crippen molar-refractivity contribution in [2.45, 2.75) is 76.5 Å². The van der Waals surface area contributed by atoms with Crippen molar-refractivity contribution in [2.75, 3.05) is 4.72 Å². The Balaban J connectivity index is 1.90. The summed E-state index contributed by atoms with van der Waals surface area (Å²) in [6.45, 7) is 12.6. The van der Waals surface area contributed by atoms with E-state index in [-0.39, 0.29) is 21.3 Å². The fraction of sp³-hybridized carbons (Fsp3) is 0.367. The summed E-state index contributed by atoms with van der Waals surface area (Å²) < 4.78 is 30.3. The van der Waals surface area contributed by atoms with E-state index in [1.165, 1.54) is 5.56 Å². The second-order valence-corrected chi connectivity index (χ2v) is 12.9. The summed E-state index contributed by atoms with van der Waals surface area (Å²) in [7, 11) is -3.81. The SMILES string of the molecule is Cc1ccccc1S(=O)(=O)Nc1c(C)c(Cc2ccc(C(=O)O)cc2)cc2c1C(C)(C)CCC2(C)C. The van der Waals surface area contributed by atoms with Gasteiger partial charge in [0.15, 0.2) is 0 Å². The van der Waals surface area contributed by atoms with Gasteiger partial charge < -0.3 is 5.11 Å². The van der Waals surface area contributed by atoms with Gasteiger partial charge in [0.05, 0.1) is 16.1 Å². The predicted molar refractivity (Wildman–Crippen MR) is 145 cm³/mol. The molecule has 0 bridgehead atoms. The third-order valence-electron chi connectivity index (χ3n) is 7.69. The monoisotopic (exact) mass is 505 g/mol. The van der Waals surface area contributed by atoms with Crippen LogP contribution < -0.4 is 4.72 Å². The van der Waals surface area contributed by atoms with Crippen LogP contribution in [0.3, 0.4) is 0 Å². The van der Waals surface area contributed by atoms with Crippen LogP contribution in [0.1, 0.15) is 84.3 Å². The third-order valence-corrected chi connectivity index (χ3v) is 9.20. The molecule has 5 nitrogen and oxygen atoms in total. The molecule has 0 heterocycles. The molecule has 190 valence electrons. The van der Waals surface area contributed by atoms with Crippen LogP contribution in [-0.4, -0.2) is 19.5 Å². The molecule has 0 fully saturated rings. The van der Waals surface area contributed by atoms with Gasteiger partial charge in [-0.1, -0.05) is 64.1 Å². The van der Waals surface area contributed by atoms with E-state index in [0.29, 0.717) is 17.7 Å². The second kappa shape index (κ2) is 9.07. The molecule has 0 amide bonds. The Bertz CT molecular complexity index is 1430. The molecule has 0 atom stereocenters. The first-order valence-corrected chi connectivity index (χ1v) is 13.8. The molecule has 3 aromatic rings. The van der Waals surface area contributed by atoms with Gasteiger partial charge in [-0.3, -0.25) is 4.72 Å². The minimum absolute atomic E-state index is 0.108. The van der Waals surface area contributed by atoms with E-state index in [4.69, 9.17) is 0 Å². The number of aromatic carboxylic acids is 1. The smallest absolute Gasteiger partial charge is 0.335 e. The van der Waals surface area contributed by atoms with Crippen molar-refractivity contribution in [3.8, 4) is 0 Å². The molecule has 0 radical (unpaired) electrons. The zero-order chi connectivity index (χ0) is 26.5. The highest BCUT2D eigenvalue weighted by Gasteiger charge is 2.40. The number of aryl methyl sites for hydroxylation is 1. The number of benzene rings is 3. The summed E-state index contributed by atoms with van der Waals surface area (Å²) in [6.07, 6.45) is 2.54. The van der Waals surface area contributed by atoms with Crippen LogP contribution in [-0.2, 0) is 27.3 Å².